The van der Waals surface area contributed by atoms with Gasteiger partial charge in [-0.15, -0.1) is 0 Å². The molecule has 0 saturated carbocycles. The second kappa shape index (κ2) is 11.7. The molecule has 0 atom stereocenters. The fourth-order valence-electron chi connectivity index (χ4n) is 2.10. The number of furan rings is 1. The first-order chi connectivity index (χ1) is 12.3. The van der Waals surface area contributed by atoms with Crippen LogP contribution in [0.25, 0.3) is 0 Å². The first-order valence-electron chi connectivity index (χ1n) is 8.25. The van der Waals surface area contributed by atoms with Gasteiger partial charge in [-0.25, -0.2) is 4.99 Å². The zero-order valence-electron chi connectivity index (χ0n) is 14.1. The average Bonchev–Trinajstić information content (AvgIpc) is 3.13. The van der Waals surface area contributed by atoms with Crippen molar-refractivity contribution in [1.29, 1.82) is 0 Å². The number of hydrogen-bond acceptors (Lipinski definition) is 4. The molecule has 25 heavy (non-hydrogen) atoms. The Morgan fingerprint density at radius 1 is 1.12 bits per heavy atom. The van der Waals surface area contributed by atoms with Crippen LogP contribution in [0.2, 0.25) is 0 Å². The van der Waals surface area contributed by atoms with Gasteiger partial charge < -0.3 is 24.9 Å². The van der Waals surface area contributed by atoms with E-state index in [1.165, 1.54) is 0 Å². The third-order valence-electron chi connectivity index (χ3n) is 3.35. The van der Waals surface area contributed by atoms with Crippen molar-refractivity contribution in [2.24, 2.45) is 4.99 Å². The van der Waals surface area contributed by atoms with Crippen LogP contribution in [0.1, 0.15) is 11.3 Å². The Bertz CT molecular complexity index is 615. The van der Waals surface area contributed by atoms with E-state index in [0.29, 0.717) is 26.3 Å². The largest absolute Gasteiger partial charge is 0.469 e. The number of rotatable bonds is 10. The molecule has 0 fully saturated rings. The number of nitrogens with one attached hydrogen (secondary N) is 2. The van der Waals surface area contributed by atoms with Crippen molar-refractivity contribution in [2.75, 3.05) is 32.9 Å². The number of benzene rings is 1. The quantitative estimate of drug-likeness (QED) is 0.318. The molecule has 2 aromatic rings. The molecular weight excluding hydrogens is 386 g/mol. The molecule has 0 spiro atoms. The van der Waals surface area contributed by atoms with Gasteiger partial charge in [0.05, 0.1) is 32.6 Å². The molecule has 0 bridgehead atoms. The summed E-state index contributed by atoms with van der Waals surface area (Å²) >= 11 is 3.43. The Morgan fingerprint density at radius 3 is 2.64 bits per heavy atom. The zero-order valence-corrected chi connectivity index (χ0v) is 15.7. The van der Waals surface area contributed by atoms with E-state index in [0.717, 1.165) is 34.7 Å². The molecule has 3 N–H and O–H groups in total. The summed E-state index contributed by atoms with van der Waals surface area (Å²) < 4.78 is 11.6. The van der Waals surface area contributed by atoms with Crippen molar-refractivity contribution >= 4 is 21.9 Å². The number of aliphatic hydroxyl groups is 1. The third kappa shape index (κ3) is 8.20. The number of nitrogens with zero attached hydrogens (tertiary/aromatic N) is 1. The molecule has 0 unspecified atom stereocenters. The minimum atomic E-state index is 0.0336. The molecule has 1 aromatic heterocycles. The standard InChI is InChI=1S/C18H24BrN3O3/c19-16-5-3-15(4-6-16)14-22-18(21-9-12-24-13-10-23)20-8-7-17-2-1-11-25-17/h1-6,11,23H,7-10,12-14H2,(H2,20,21,22). The lowest BCUT2D eigenvalue weighted by Gasteiger charge is -2.12. The van der Waals surface area contributed by atoms with Crippen molar-refractivity contribution in [3.05, 3.63) is 58.5 Å². The summed E-state index contributed by atoms with van der Waals surface area (Å²) in [5.41, 5.74) is 1.13. The summed E-state index contributed by atoms with van der Waals surface area (Å²) in [6, 6.07) is 11.9. The molecular formula is C18H24BrN3O3. The normalized spacial score (nSPS) is 11.5. The topological polar surface area (TPSA) is 79.0 Å². The van der Waals surface area contributed by atoms with Crippen LogP contribution in [0.5, 0.6) is 0 Å². The van der Waals surface area contributed by atoms with Gasteiger partial charge in [-0.05, 0) is 29.8 Å². The van der Waals surface area contributed by atoms with Crippen molar-refractivity contribution < 1.29 is 14.3 Å². The van der Waals surface area contributed by atoms with Gasteiger partial charge in [0.2, 0.25) is 0 Å². The minimum Gasteiger partial charge on any atom is -0.469 e. The summed E-state index contributed by atoms with van der Waals surface area (Å²) in [5.74, 6) is 1.66. The molecule has 0 aliphatic rings. The molecule has 6 nitrogen and oxygen atoms in total. The lowest BCUT2D eigenvalue weighted by molar-refractivity contribution is 0.0957. The monoisotopic (exact) mass is 409 g/mol. The van der Waals surface area contributed by atoms with Gasteiger partial charge in [-0.3, -0.25) is 0 Å². The van der Waals surface area contributed by atoms with Gasteiger partial charge in [-0.2, -0.15) is 0 Å². The molecule has 1 heterocycles. The van der Waals surface area contributed by atoms with E-state index < -0.39 is 0 Å². The van der Waals surface area contributed by atoms with E-state index >= 15 is 0 Å². The van der Waals surface area contributed by atoms with Crippen molar-refractivity contribution in [3.63, 3.8) is 0 Å². The Hall–Kier alpha value is -1.83. The van der Waals surface area contributed by atoms with Crippen LogP contribution in [-0.4, -0.2) is 44.0 Å². The molecule has 0 saturated heterocycles. The molecule has 0 aliphatic carbocycles. The molecule has 1 aromatic carbocycles. The maximum absolute atomic E-state index is 8.72. The Balaban J connectivity index is 1.83. The zero-order chi connectivity index (χ0) is 17.7. The van der Waals surface area contributed by atoms with E-state index in [9.17, 15) is 0 Å². The van der Waals surface area contributed by atoms with Crippen LogP contribution in [0, 0.1) is 0 Å². The van der Waals surface area contributed by atoms with E-state index in [1.54, 1.807) is 6.26 Å². The number of halogens is 1. The first kappa shape index (κ1) is 19.5. The predicted molar refractivity (Wildman–Crippen MR) is 102 cm³/mol. The fourth-order valence-corrected chi connectivity index (χ4v) is 2.37. The number of guanidine groups is 1. The van der Waals surface area contributed by atoms with E-state index in [-0.39, 0.29) is 6.61 Å². The highest BCUT2D eigenvalue weighted by Crippen LogP contribution is 2.11. The van der Waals surface area contributed by atoms with Gasteiger partial charge in [0.15, 0.2) is 5.96 Å². The lowest BCUT2D eigenvalue weighted by Crippen LogP contribution is -2.40. The molecule has 0 radical (unpaired) electrons. The number of ether oxygens (including phenoxy) is 1. The second-order valence-electron chi connectivity index (χ2n) is 5.31. The van der Waals surface area contributed by atoms with Crippen LogP contribution >= 0.6 is 15.9 Å². The first-order valence-corrected chi connectivity index (χ1v) is 9.05. The van der Waals surface area contributed by atoms with Crippen LogP contribution in [0.4, 0.5) is 0 Å². The lowest BCUT2D eigenvalue weighted by atomic mass is 10.2. The van der Waals surface area contributed by atoms with E-state index in [4.69, 9.17) is 14.3 Å². The van der Waals surface area contributed by atoms with Gasteiger partial charge in [0, 0.05) is 24.0 Å². The van der Waals surface area contributed by atoms with Crippen LogP contribution < -0.4 is 10.6 Å². The molecule has 0 aliphatic heterocycles. The van der Waals surface area contributed by atoms with Crippen LogP contribution in [-0.2, 0) is 17.7 Å². The van der Waals surface area contributed by atoms with Gasteiger partial charge in [-0.1, -0.05) is 28.1 Å². The molecule has 136 valence electrons. The summed E-state index contributed by atoms with van der Waals surface area (Å²) in [5, 5.41) is 15.2. The number of hydrogen-bond donors (Lipinski definition) is 3. The highest BCUT2D eigenvalue weighted by molar-refractivity contribution is 9.10. The SMILES string of the molecule is OCCOCCNC(=NCc1ccc(Br)cc1)NCCc1ccco1. The highest BCUT2D eigenvalue weighted by Gasteiger charge is 2.01. The predicted octanol–water partition coefficient (Wildman–Crippen LogP) is 2.33. The van der Waals surface area contributed by atoms with Gasteiger partial charge in [0.1, 0.15) is 5.76 Å². The molecule has 0 amide bonds. The number of aliphatic hydroxyl groups excluding tert-OH is 1. The van der Waals surface area contributed by atoms with Crippen LogP contribution in [0.3, 0.4) is 0 Å². The fraction of sp³-hybridized carbons (Fsp3) is 0.389. The minimum absolute atomic E-state index is 0.0336. The Morgan fingerprint density at radius 2 is 1.92 bits per heavy atom. The Kier molecular flexibility index (Phi) is 9.11. The van der Waals surface area contributed by atoms with Crippen molar-refractivity contribution in [3.8, 4) is 0 Å². The van der Waals surface area contributed by atoms with E-state index in [1.807, 2.05) is 36.4 Å². The summed E-state index contributed by atoms with van der Waals surface area (Å²) in [4.78, 5) is 4.60. The van der Waals surface area contributed by atoms with Crippen LogP contribution in [0.15, 0.2) is 56.5 Å². The van der Waals surface area contributed by atoms with Crippen molar-refractivity contribution in [2.45, 2.75) is 13.0 Å². The maximum atomic E-state index is 8.72. The highest BCUT2D eigenvalue weighted by atomic mass is 79.9. The third-order valence-corrected chi connectivity index (χ3v) is 3.88. The smallest absolute Gasteiger partial charge is 0.191 e. The summed E-state index contributed by atoms with van der Waals surface area (Å²) in [6.45, 7) is 2.81. The van der Waals surface area contributed by atoms with Crippen molar-refractivity contribution in [1.82, 2.24) is 10.6 Å². The Labute approximate surface area is 156 Å². The average molecular weight is 410 g/mol. The van der Waals surface area contributed by atoms with Gasteiger partial charge in [0.25, 0.3) is 0 Å². The van der Waals surface area contributed by atoms with Gasteiger partial charge >= 0.3 is 0 Å². The summed E-state index contributed by atoms with van der Waals surface area (Å²) in [7, 11) is 0. The number of aliphatic imine (C=N–C) groups is 1. The van der Waals surface area contributed by atoms with E-state index in [2.05, 4.69) is 31.6 Å². The molecule has 2 rings (SSSR count). The second-order valence-corrected chi connectivity index (χ2v) is 6.23. The summed E-state index contributed by atoms with van der Waals surface area (Å²) in [6.07, 6.45) is 2.46. The maximum Gasteiger partial charge on any atom is 0.191 e. The molecule has 7 heteroatoms.